The number of hydrogen-bond acceptors (Lipinski definition) is 5. The summed E-state index contributed by atoms with van der Waals surface area (Å²) in [6, 6.07) is 8.27. The minimum atomic E-state index is -1.82. The molecule has 2 aliphatic rings. The van der Waals surface area contributed by atoms with Crippen LogP contribution in [0.4, 0.5) is 5.69 Å². The summed E-state index contributed by atoms with van der Waals surface area (Å²) in [5, 5.41) is 14.8. The Balaban J connectivity index is 0.000000352. The number of carbonyl (C=O) groups is 3. The molecule has 0 saturated carbocycles. The monoisotopic (exact) mass is 363 g/mol. The first-order chi connectivity index (χ1) is 12.4. The van der Waals surface area contributed by atoms with E-state index in [9.17, 15) is 4.79 Å². The van der Waals surface area contributed by atoms with Gasteiger partial charge in [0.25, 0.3) is 0 Å². The summed E-state index contributed by atoms with van der Waals surface area (Å²) in [6.07, 6.45) is 2.14. The number of carboxylic acids is 2. The molecule has 1 fully saturated rings. The third-order valence-electron chi connectivity index (χ3n) is 4.54. The number of aliphatic carboxylic acids is 2. The Morgan fingerprint density at radius 1 is 0.962 bits per heavy atom. The molecule has 1 aromatic carbocycles. The van der Waals surface area contributed by atoms with E-state index in [0.717, 1.165) is 51.3 Å². The molecule has 0 atom stereocenters. The summed E-state index contributed by atoms with van der Waals surface area (Å²) in [5.74, 6) is -3.40. The van der Waals surface area contributed by atoms with Crippen molar-refractivity contribution in [2.24, 2.45) is 0 Å². The number of anilines is 1. The first kappa shape index (κ1) is 19.9. The van der Waals surface area contributed by atoms with Gasteiger partial charge in [0.15, 0.2) is 0 Å². The normalized spacial score (nSPS) is 17.7. The Morgan fingerprint density at radius 2 is 1.65 bits per heavy atom. The van der Waals surface area contributed by atoms with Crippen molar-refractivity contribution in [1.82, 2.24) is 9.80 Å². The van der Waals surface area contributed by atoms with E-state index in [4.69, 9.17) is 19.8 Å². The van der Waals surface area contributed by atoms with Gasteiger partial charge in [0.1, 0.15) is 0 Å². The SMILES string of the molecule is CN1CCCN(CC(=O)N2CCc3ccccc32)CC1.O=C(O)C(=O)O. The van der Waals surface area contributed by atoms with Crippen LogP contribution in [0.25, 0.3) is 0 Å². The van der Waals surface area contributed by atoms with Crippen LogP contribution in [-0.4, -0.2) is 84.2 Å². The van der Waals surface area contributed by atoms with Crippen molar-refractivity contribution in [1.29, 1.82) is 0 Å². The average Bonchev–Trinajstić information content (AvgIpc) is 2.93. The maximum absolute atomic E-state index is 12.5. The fourth-order valence-electron chi connectivity index (χ4n) is 3.13. The molecule has 8 heteroatoms. The third-order valence-corrected chi connectivity index (χ3v) is 4.54. The molecule has 0 unspecified atom stereocenters. The molecule has 8 nitrogen and oxygen atoms in total. The summed E-state index contributed by atoms with van der Waals surface area (Å²) in [6.45, 7) is 5.62. The van der Waals surface area contributed by atoms with Crippen LogP contribution in [-0.2, 0) is 20.8 Å². The van der Waals surface area contributed by atoms with Gasteiger partial charge in [0.2, 0.25) is 5.91 Å². The summed E-state index contributed by atoms with van der Waals surface area (Å²) >= 11 is 0. The number of hydrogen-bond donors (Lipinski definition) is 2. The molecule has 0 bridgehead atoms. The Labute approximate surface area is 152 Å². The van der Waals surface area contributed by atoms with E-state index < -0.39 is 11.9 Å². The van der Waals surface area contributed by atoms with E-state index in [1.807, 2.05) is 11.0 Å². The first-order valence-electron chi connectivity index (χ1n) is 8.64. The van der Waals surface area contributed by atoms with E-state index >= 15 is 0 Å². The number of para-hydroxylation sites is 1. The van der Waals surface area contributed by atoms with E-state index in [-0.39, 0.29) is 5.91 Å². The lowest BCUT2D eigenvalue weighted by Gasteiger charge is -2.24. The number of rotatable bonds is 2. The zero-order valence-corrected chi connectivity index (χ0v) is 14.9. The highest BCUT2D eigenvalue weighted by molar-refractivity contribution is 6.27. The highest BCUT2D eigenvalue weighted by atomic mass is 16.4. The molecule has 1 amide bonds. The molecule has 1 saturated heterocycles. The quantitative estimate of drug-likeness (QED) is 0.732. The van der Waals surface area contributed by atoms with Crippen LogP contribution < -0.4 is 4.90 Å². The van der Waals surface area contributed by atoms with Gasteiger partial charge in [-0.25, -0.2) is 9.59 Å². The molecule has 0 aliphatic carbocycles. The second kappa shape index (κ2) is 9.30. The molecule has 0 aromatic heterocycles. The lowest BCUT2D eigenvalue weighted by molar-refractivity contribution is -0.159. The highest BCUT2D eigenvalue weighted by Gasteiger charge is 2.25. The lowest BCUT2D eigenvalue weighted by Crippen LogP contribution is -2.41. The second-order valence-electron chi connectivity index (χ2n) is 6.47. The third kappa shape index (κ3) is 5.53. The van der Waals surface area contributed by atoms with Gasteiger partial charge in [0, 0.05) is 25.3 Å². The number of amides is 1. The van der Waals surface area contributed by atoms with Crippen molar-refractivity contribution in [2.45, 2.75) is 12.8 Å². The molecular formula is C18H25N3O5. The van der Waals surface area contributed by atoms with Crippen molar-refractivity contribution in [3.8, 4) is 0 Å². The van der Waals surface area contributed by atoms with Crippen LogP contribution >= 0.6 is 0 Å². The van der Waals surface area contributed by atoms with Crippen molar-refractivity contribution in [2.75, 3.05) is 51.2 Å². The summed E-state index contributed by atoms with van der Waals surface area (Å²) in [7, 11) is 2.15. The largest absolute Gasteiger partial charge is 0.473 e. The molecule has 2 N–H and O–H groups in total. The topological polar surface area (TPSA) is 101 Å². The lowest BCUT2D eigenvalue weighted by atomic mass is 10.2. The standard InChI is InChI=1S/C16H23N3O.C2H2O4/c1-17-8-4-9-18(12-11-17)13-16(20)19-10-7-14-5-2-3-6-15(14)19;3-1(4)2(5)6/h2-3,5-6H,4,7-13H2,1H3;(H,3,4)(H,5,6). The van der Waals surface area contributed by atoms with Gasteiger partial charge in [-0.2, -0.15) is 0 Å². The molecule has 0 radical (unpaired) electrons. The highest BCUT2D eigenvalue weighted by Crippen LogP contribution is 2.27. The predicted octanol–water partition coefficient (Wildman–Crippen LogP) is 0.369. The van der Waals surface area contributed by atoms with Crippen LogP contribution in [0.5, 0.6) is 0 Å². The van der Waals surface area contributed by atoms with Gasteiger partial charge in [-0.15, -0.1) is 0 Å². The molecule has 1 aromatic rings. The Morgan fingerprint density at radius 3 is 2.35 bits per heavy atom. The van der Waals surface area contributed by atoms with Gasteiger partial charge in [-0.3, -0.25) is 9.69 Å². The first-order valence-corrected chi connectivity index (χ1v) is 8.64. The van der Waals surface area contributed by atoms with Crippen molar-refractivity contribution in [3.63, 3.8) is 0 Å². The molecule has 2 aliphatic heterocycles. The zero-order chi connectivity index (χ0) is 19.1. The molecule has 0 spiro atoms. The van der Waals surface area contributed by atoms with E-state index in [1.54, 1.807) is 0 Å². The number of carboxylic acid groups (broad SMARTS) is 2. The van der Waals surface area contributed by atoms with Gasteiger partial charge < -0.3 is 20.0 Å². The van der Waals surface area contributed by atoms with Gasteiger partial charge in [-0.1, -0.05) is 18.2 Å². The second-order valence-corrected chi connectivity index (χ2v) is 6.47. The number of nitrogens with zero attached hydrogens (tertiary/aromatic N) is 3. The minimum absolute atomic E-state index is 0.250. The van der Waals surface area contributed by atoms with Gasteiger partial charge in [-0.05, 0) is 44.6 Å². The van der Waals surface area contributed by atoms with E-state index in [0.29, 0.717) is 6.54 Å². The maximum atomic E-state index is 12.5. The fourth-order valence-corrected chi connectivity index (χ4v) is 3.13. The Kier molecular flexibility index (Phi) is 7.11. The summed E-state index contributed by atoms with van der Waals surface area (Å²) < 4.78 is 0. The molecule has 26 heavy (non-hydrogen) atoms. The minimum Gasteiger partial charge on any atom is -0.473 e. The van der Waals surface area contributed by atoms with Crippen LogP contribution in [0, 0.1) is 0 Å². The molecular weight excluding hydrogens is 338 g/mol. The van der Waals surface area contributed by atoms with Crippen LogP contribution in [0.15, 0.2) is 24.3 Å². The Hall–Kier alpha value is -2.45. The zero-order valence-electron chi connectivity index (χ0n) is 14.9. The van der Waals surface area contributed by atoms with E-state index in [2.05, 4.69) is 35.0 Å². The van der Waals surface area contributed by atoms with Crippen molar-refractivity contribution in [3.05, 3.63) is 29.8 Å². The van der Waals surface area contributed by atoms with Gasteiger partial charge >= 0.3 is 11.9 Å². The molecule has 3 rings (SSSR count). The van der Waals surface area contributed by atoms with Crippen LogP contribution in [0.1, 0.15) is 12.0 Å². The Bertz CT molecular complexity index is 652. The number of carbonyl (C=O) groups excluding carboxylic acids is 1. The van der Waals surface area contributed by atoms with Crippen molar-refractivity contribution < 1.29 is 24.6 Å². The summed E-state index contributed by atoms with van der Waals surface area (Å²) in [5.41, 5.74) is 2.42. The van der Waals surface area contributed by atoms with Crippen molar-refractivity contribution >= 4 is 23.5 Å². The predicted molar refractivity (Wildman–Crippen MR) is 96.3 cm³/mol. The van der Waals surface area contributed by atoms with Crippen LogP contribution in [0.2, 0.25) is 0 Å². The maximum Gasteiger partial charge on any atom is 0.414 e. The number of benzene rings is 1. The van der Waals surface area contributed by atoms with Crippen LogP contribution in [0.3, 0.4) is 0 Å². The average molecular weight is 363 g/mol. The summed E-state index contributed by atoms with van der Waals surface area (Å²) in [4.78, 5) is 37.3. The number of likely N-dealkylation sites (N-methyl/N-ethyl adjacent to an activating group) is 1. The number of fused-ring (bicyclic) bond motifs is 1. The molecule has 142 valence electrons. The van der Waals surface area contributed by atoms with E-state index in [1.165, 1.54) is 5.56 Å². The fraction of sp³-hybridized carbons (Fsp3) is 0.500. The molecule has 2 heterocycles. The van der Waals surface area contributed by atoms with Gasteiger partial charge in [0.05, 0.1) is 6.54 Å². The smallest absolute Gasteiger partial charge is 0.414 e.